The molecule has 13 heteroatoms. The predicted octanol–water partition coefficient (Wildman–Crippen LogP) is 4.31. The molecule has 5 rings (SSSR count). The van der Waals surface area contributed by atoms with Crippen LogP contribution in [0.3, 0.4) is 0 Å². The molecule has 0 unspecified atom stereocenters. The summed E-state index contributed by atoms with van der Waals surface area (Å²) in [7, 11) is 0. The van der Waals surface area contributed by atoms with Crippen LogP contribution in [-0.4, -0.2) is 92.6 Å². The molecular formula is C26H26Cl2N4O7. The van der Waals surface area contributed by atoms with E-state index in [1.165, 1.54) is 0 Å². The Bertz CT molecular complexity index is 1340. The summed E-state index contributed by atoms with van der Waals surface area (Å²) in [6, 6.07) is 5.33. The first-order chi connectivity index (χ1) is 18.5. The number of carboxylic acids is 1. The monoisotopic (exact) mass is 576 g/mol. The van der Waals surface area contributed by atoms with Gasteiger partial charge in [-0.25, -0.2) is 19.4 Å². The molecule has 1 aromatic heterocycles. The maximum absolute atomic E-state index is 12.3. The minimum atomic E-state index is -1.29. The van der Waals surface area contributed by atoms with Crippen LogP contribution in [0, 0.1) is 6.92 Å². The van der Waals surface area contributed by atoms with E-state index in [1.807, 2.05) is 11.8 Å². The number of hydrogen-bond acceptors (Lipinski definition) is 6. The number of pyridine rings is 1. The van der Waals surface area contributed by atoms with E-state index in [0.29, 0.717) is 45.8 Å². The van der Waals surface area contributed by atoms with E-state index in [9.17, 15) is 29.7 Å². The molecule has 39 heavy (non-hydrogen) atoms. The zero-order valence-electron chi connectivity index (χ0n) is 20.9. The highest BCUT2D eigenvalue weighted by Crippen LogP contribution is 2.39. The Morgan fingerprint density at radius 2 is 1.74 bits per heavy atom. The molecule has 2 amide bonds. The van der Waals surface area contributed by atoms with Crippen LogP contribution in [-0.2, 0) is 4.79 Å². The van der Waals surface area contributed by atoms with E-state index in [2.05, 4.69) is 4.98 Å². The summed E-state index contributed by atoms with van der Waals surface area (Å²) in [4.78, 5) is 44.6. The molecule has 4 heterocycles. The number of aliphatic carboxylic acids is 1. The van der Waals surface area contributed by atoms with E-state index in [0.717, 1.165) is 21.8 Å². The molecule has 1 aromatic carbocycles. The van der Waals surface area contributed by atoms with Crippen molar-refractivity contribution in [3.63, 3.8) is 0 Å². The molecular weight excluding hydrogens is 551 g/mol. The molecule has 3 atom stereocenters. The number of aromatic nitrogens is 1. The second-order valence-electron chi connectivity index (χ2n) is 9.89. The number of carboxylic acid groups (broad SMARTS) is 3. The van der Waals surface area contributed by atoms with Crippen LogP contribution in [0.25, 0.3) is 5.57 Å². The number of rotatable bonds is 5. The van der Waals surface area contributed by atoms with Crippen molar-refractivity contribution < 1.29 is 34.4 Å². The van der Waals surface area contributed by atoms with Gasteiger partial charge in [-0.2, -0.15) is 0 Å². The number of fused-ring (bicyclic) bond motifs is 2. The van der Waals surface area contributed by atoms with Crippen molar-refractivity contribution in [2.45, 2.75) is 38.0 Å². The average Bonchev–Trinajstić information content (AvgIpc) is 3.33. The largest absolute Gasteiger partial charge is 0.485 e. The van der Waals surface area contributed by atoms with E-state index in [-0.39, 0.29) is 31.2 Å². The molecule has 3 aliphatic heterocycles. The van der Waals surface area contributed by atoms with Crippen molar-refractivity contribution in [3.8, 4) is 5.75 Å². The van der Waals surface area contributed by atoms with Crippen molar-refractivity contribution in [2.24, 2.45) is 0 Å². The Kier molecular flexibility index (Phi) is 7.21. The minimum Gasteiger partial charge on any atom is -0.485 e. The van der Waals surface area contributed by atoms with Gasteiger partial charge in [-0.15, -0.1) is 0 Å². The zero-order valence-corrected chi connectivity index (χ0v) is 22.4. The summed E-state index contributed by atoms with van der Waals surface area (Å²) in [5, 5.41) is 30.1. The minimum absolute atomic E-state index is 0.0375. The van der Waals surface area contributed by atoms with E-state index in [4.69, 9.17) is 27.9 Å². The highest BCUT2D eigenvalue weighted by atomic mass is 35.5. The molecule has 3 aliphatic rings. The van der Waals surface area contributed by atoms with Gasteiger partial charge in [-0.1, -0.05) is 23.2 Å². The Balaban J connectivity index is 1.36. The lowest BCUT2D eigenvalue weighted by Crippen LogP contribution is -2.64. The second-order valence-corrected chi connectivity index (χ2v) is 10.7. The van der Waals surface area contributed by atoms with E-state index < -0.39 is 30.2 Å². The predicted molar refractivity (Wildman–Crippen MR) is 143 cm³/mol. The normalized spacial score (nSPS) is 22.7. The molecule has 3 N–H and O–H groups in total. The summed E-state index contributed by atoms with van der Waals surface area (Å²) in [5.41, 5.74) is 1.83. The average molecular weight is 577 g/mol. The lowest BCUT2D eigenvalue weighted by atomic mass is 9.82. The fourth-order valence-corrected chi connectivity index (χ4v) is 6.33. The molecule has 11 nitrogen and oxygen atoms in total. The number of ether oxygens (including phenoxy) is 1. The van der Waals surface area contributed by atoms with Gasteiger partial charge in [0.15, 0.2) is 5.75 Å². The number of halogens is 2. The van der Waals surface area contributed by atoms with Gasteiger partial charge in [0.1, 0.15) is 11.9 Å². The molecule has 2 saturated heterocycles. The summed E-state index contributed by atoms with van der Waals surface area (Å²) in [5.74, 6) is -0.153. The van der Waals surface area contributed by atoms with Gasteiger partial charge in [-0.05, 0) is 54.3 Å². The second kappa shape index (κ2) is 10.5. The van der Waals surface area contributed by atoms with Crippen molar-refractivity contribution in [3.05, 3.63) is 57.2 Å². The Hall–Kier alpha value is -3.70. The van der Waals surface area contributed by atoms with Crippen LogP contribution in [0.15, 0.2) is 36.0 Å². The number of amides is 2. The first kappa shape index (κ1) is 26.9. The molecule has 206 valence electrons. The molecule has 0 radical (unpaired) electrons. The third kappa shape index (κ3) is 5.16. The van der Waals surface area contributed by atoms with Crippen LogP contribution in [0.5, 0.6) is 5.75 Å². The quantitative estimate of drug-likeness (QED) is 0.474. The van der Waals surface area contributed by atoms with Crippen LogP contribution >= 0.6 is 23.2 Å². The van der Waals surface area contributed by atoms with Crippen LogP contribution in [0.2, 0.25) is 10.0 Å². The molecule has 0 spiro atoms. The number of aryl methyl sites for hydroxylation is 1. The molecule has 2 bridgehead atoms. The van der Waals surface area contributed by atoms with Crippen LogP contribution in [0.4, 0.5) is 15.4 Å². The molecule has 0 saturated carbocycles. The summed E-state index contributed by atoms with van der Waals surface area (Å²) >= 11 is 12.7. The third-order valence-electron chi connectivity index (χ3n) is 7.37. The topological polar surface area (TPSA) is 144 Å². The molecule has 2 fully saturated rings. The van der Waals surface area contributed by atoms with Crippen molar-refractivity contribution in [1.82, 2.24) is 14.8 Å². The number of piperazine rings is 1. The Labute approximate surface area is 233 Å². The highest BCUT2D eigenvalue weighted by molar-refractivity contribution is 6.37. The summed E-state index contributed by atoms with van der Waals surface area (Å²) < 4.78 is 6.10. The first-order valence-corrected chi connectivity index (χ1v) is 13.1. The molecule has 0 aliphatic carbocycles. The fraction of sp³-hybridized carbons (Fsp3) is 0.385. The van der Waals surface area contributed by atoms with Gasteiger partial charge in [0.25, 0.3) is 0 Å². The lowest BCUT2D eigenvalue weighted by molar-refractivity contribution is -0.133. The van der Waals surface area contributed by atoms with Gasteiger partial charge in [-0.3, -0.25) is 4.90 Å². The Morgan fingerprint density at radius 1 is 1.03 bits per heavy atom. The summed E-state index contributed by atoms with van der Waals surface area (Å²) in [6.45, 7) is 2.85. The van der Waals surface area contributed by atoms with Gasteiger partial charge in [0.05, 0.1) is 34.2 Å². The van der Waals surface area contributed by atoms with Gasteiger partial charge in [0.2, 0.25) is 0 Å². The van der Waals surface area contributed by atoms with E-state index >= 15 is 0 Å². The maximum atomic E-state index is 12.3. The number of carbonyl (C=O) groups is 3. The van der Waals surface area contributed by atoms with E-state index in [1.54, 1.807) is 30.5 Å². The number of nitrogens with zero attached hydrogens (tertiary/aromatic N) is 4. The van der Waals surface area contributed by atoms with Crippen LogP contribution in [0.1, 0.15) is 24.0 Å². The fourth-order valence-electron chi connectivity index (χ4n) is 5.65. The molecule has 2 aromatic rings. The van der Waals surface area contributed by atoms with Crippen molar-refractivity contribution >= 4 is 52.7 Å². The van der Waals surface area contributed by atoms with Gasteiger partial charge in [0, 0.05) is 32.3 Å². The lowest BCUT2D eigenvalue weighted by Gasteiger charge is -2.48. The number of anilines is 1. The van der Waals surface area contributed by atoms with Gasteiger partial charge < -0.3 is 29.9 Å². The van der Waals surface area contributed by atoms with Crippen molar-refractivity contribution in [1.29, 1.82) is 0 Å². The van der Waals surface area contributed by atoms with Gasteiger partial charge >= 0.3 is 18.2 Å². The SMILES string of the molecule is Cc1cc(Cl)c(O[C@@H]2CCN(c3ccc(C4=C(C(=O)O)[C@H]5CN(C(=O)O)C[C@@H](C4)N5C(=O)O)cn3)C2)c(Cl)c1. The summed E-state index contributed by atoms with van der Waals surface area (Å²) in [6.07, 6.45) is -0.271. The first-order valence-electron chi connectivity index (χ1n) is 12.3. The highest BCUT2D eigenvalue weighted by Gasteiger charge is 2.47. The smallest absolute Gasteiger partial charge is 0.408 e. The maximum Gasteiger partial charge on any atom is 0.408 e. The Morgan fingerprint density at radius 3 is 2.33 bits per heavy atom. The van der Waals surface area contributed by atoms with Crippen molar-refractivity contribution in [2.75, 3.05) is 31.1 Å². The van der Waals surface area contributed by atoms with Crippen LogP contribution < -0.4 is 9.64 Å². The third-order valence-corrected chi connectivity index (χ3v) is 7.93. The number of hydrogen-bond donors (Lipinski definition) is 3. The number of benzene rings is 1. The standard InChI is InChI=1S/C26H26Cl2N4O7/c1-13-6-18(27)23(19(28)7-13)39-16-4-5-30(11-16)21-3-2-14(9-29-21)17-8-15-10-31(25(35)36)12-20(22(17)24(33)34)32(15)26(37)38/h2-3,6-7,9,15-16,20H,4-5,8,10-12H2,1H3,(H,33,34)(H,35,36)(H,37,38)/t15-,16-,20-/m1/s1. The zero-order chi connectivity index (χ0) is 28.0.